The first kappa shape index (κ1) is 60.0. The van der Waals surface area contributed by atoms with Crippen LogP contribution in [0.25, 0.3) is 10.4 Å². The lowest BCUT2D eigenvalue weighted by Crippen LogP contribution is -2.55. The van der Waals surface area contributed by atoms with Crippen LogP contribution in [-0.2, 0) is 65.7 Å². The van der Waals surface area contributed by atoms with E-state index in [1.54, 1.807) is 6.20 Å². The lowest BCUT2D eigenvalue weighted by atomic mass is 10.1. The van der Waals surface area contributed by atoms with Gasteiger partial charge in [-0.2, -0.15) is 0 Å². The molecule has 0 aromatic carbocycles. The molecule has 0 aliphatic carbocycles. The number of rotatable bonds is 36. The van der Waals surface area contributed by atoms with Gasteiger partial charge in [-0.1, -0.05) is 10.3 Å². The van der Waals surface area contributed by atoms with Crippen molar-refractivity contribution in [1.29, 1.82) is 5.41 Å². The molecule has 9 amide bonds. The highest BCUT2D eigenvalue weighted by Crippen LogP contribution is 2.18. The molecule has 31 nitrogen and oxygen atoms in total. The SMILES string of the molecule is [N-]=[N+]=NCCCC(=O)NCCCC[C@H](NC(=O)CNC(=O)[C@H](CCCNC(=N)N)NC(=O)CCc1cn(CCCC(=O)O)nn1)C(=O)NCC(=O)N1CCCC1C(=O)N[C@@H](CCC(N)=O)C(=O)NCC(=O)O. The summed E-state index contributed by atoms with van der Waals surface area (Å²) in [5.74, 6) is -8.98. The summed E-state index contributed by atoms with van der Waals surface area (Å²) in [7, 11) is 0. The second-order valence-electron chi connectivity index (χ2n) is 16.5. The molecule has 1 aliphatic rings. The van der Waals surface area contributed by atoms with Gasteiger partial charge in [-0.15, -0.1) is 5.10 Å². The van der Waals surface area contributed by atoms with E-state index in [2.05, 4.69) is 62.9 Å². The number of nitrogens with two attached hydrogens (primary N) is 2. The fraction of sp³-hybridized carbons (Fsp3) is 0.659. The molecule has 398 valence electrons. The molecule has 4 atom stereocenters. The van der Waals surface area contributed by atoms with Gasteiger partial charge in [-0.3, -0.25) is 62.8 Å². The quantitative estimate of drug-likeness (QED) is 0.00758. The van der Waals surface area contributed by atoms with Crippen LogP contribution < -0.4 is 54.0 Å². The van der Waals surface area contributed by atoms with Crippen molar-refractivity contribution in [1.82, 2.24) is 62.4 Å². The number of hydrogen-bond donors (Lipinski definition) is 13. The highest BCUT2D eigenvalue weighted by atomic mass is 16.4. The van der Waals surface area contributed by atoms with Crippen molar-refractivity contribution in [3.05, 3.63) is 22.3 Å². The van der Waals surface area contributed by atoms with E-state index >= 15 is 0 Å². The Bertz CT molecular complexity index is 2110. The number of amides is 9. The van der Waals surface area contributed by atoms with Crippen LogP contribution in [0.1, 0.15) is 95.6 Å². The third-order valence-electron chi connectivity index (χ3n) is 10.7. The van der Waals surface area contributed by atoms with Crippen LogP contribution in [0.3, 0.4) is 0 Å². The van der Waals surface area contributed by atoms with Gasteiger partial charge >= 0.3 is 11.9 Å². The van der Waals surface area contributed by atoms with E-state index in [0.29, 0.717) is 37.9 Å². The summed E-state index contributed by atoms with van der Waals surface area (Å²) < 4.78 is 1.45. The van der Waals surface area contributed by atoms with Crippen molar-refractivity contribution in [3.8, 4) is 0 Å². The third kappa shape index (κ3) is 25.5. The summed E-state index contributed by atoms with van der Waals surface area (Å²) in [6.07, 6.45) is 3.21. The summed E-state index contributed by atoms with van der Waals surface area (Å²) >= 11 is 0. The number of unbranched alkanes of at least 4 members (excludes halogenated alkanes) is 1. The van der Waals surface area contributed by atoms with Crippen molar-refractivity contribution in [2.24, 2.45) is 16.6 Å². The fourth-order valence-corrected chi connectivity index (χ4v) is 7.04. The largest absolute Gasteiger partial charge is 0.481 e. The zero-order chi connectivity index (χ0) is 53.4. The van der Waals surface area contributed by atoms with Crippen molar-refractivity contribution in [2.45, 2.75) is 127 Å². The Morgan fingerprint density at radius 3 is 2.01 bits per heavy atom. The molecular weight excluding hydrogens is 953 g/mol. The molecular formula is C41H66N18O13. The van der Waals surface area contributed by atoms with Crippen LogP contribution in [-0.4, -0.2) is 171 Å². The second-order valence-corrected chi connectivity index (χ2v) is 16.5. The number of likely N-dealkylation sites (tertiary alicyclic amines) is 1. The molecule has 0 spiro atoms. The van der Waals surface area contributed by atoms with E-state index in [0.717, 1.165) is 0 Å². The molecule has 0 bridgehead atoms. The number of carboxylic acids is 2. The van der Waals surface area contributed by atoms with Crippen LogP contribution in [0.5, 0.6) is 0 Å². The predicted octanol–water partition coefficient (Wildman–Crippen LogP) is -4.14. The summed E-state index contributed by atoms with van der Waals surface area (Å²) in [4.78, 5) is 142. The number of aliphatic carboxylic acids is 2. The number of carbonyl (C=O) groups excluding carboxylic acids is 9. The monoisotopic (exact) mass is 1020 g/mol. The van der Waals surface area contributed by atoms with Crippen LogP contribution in [0.2, 0.25) is 0 Å². The minimum absolute atomic E-state index is 0.00420. The second kappa shape index (κ2) is 33.4. The van der Waals surface area contributed by atoms with Gasteiger partial charge < -0.3 is 69.1 Å². The summed E-state index contributed by atoms with van der Waals surface area (Å²) in [6, 6.07) is -4.89. The van der Waals surface area contributed by atoms with E-state index in [9.17, 15) is 52.7 Å². The van der Waals surface area contributed by atoms with E-state index in [-0.39, 0.29) is 109 Å². The number of azide groups is 1. The first-order valence-corrected chi connectivity index (χ1v) is 23.3. The van der Waals surface area contributed by atoms with Crippen molar-refractivity contribution >= 4 is 71.1 Å². The molecule has 2 rings (SSSR count). The zero-order valence-corrected chi connectivity index (χ0v) is 39.8. The highest BCUT2D eigenvalue weighted by molar-refractivity contribution is 5.96. The molecule has 1 saturated heterocycles. The van der Waals surface area contributed by atoms with Crippen molar-refractivity contribution in [3.63, 3.8) is 0 Å². The number of carboxylic acid groups (broad SMARTS) is 2. The van der Waals surface area contributed by atoms with Gasteiger partial charge in [0.2, 0.25) is 53.2 Å². The molecule has 2 heterocycles. The van der Waals surface area contributed by atoms with Crippen LogP contribution in [0, 0.1) is 5.41 Å². The maximum atomic E-state index is 13.6. The highest BCUT2D eigenvalue weighted by Gasteiger charge is 2.36. The van der Waals surface area contributed by atoms with Gasteiger partial charge in [0.05, 0.1) is 18.8 Å². The molecule has 0 radical (unpaired) electrons. The maximum Gasteiger partial charge on any atom is 0.322 e. The van der Waals surface area contributed by atoms with Crippen molar-refractivity contribution < 1.29 is 63.0 Å². The predicted molar refractivity (Wildman–Crippen MR) is 250 cm³/mol. The minimum atomic E-state index is -1.36. The summed E-state index contributed by atoms with van der Waals surface area (Å²) in [5.41, 5.74) is 19.4. The minimum Gasteiger partial charge on any atom is -0.481 e. The molecule has 1 aromatic rings. The number of aryl methyl sites for hydroxylation is 2. The van der Waals surface area contributed by atoms with Gasteiger partial charge in [-0.05, 0) is 69.7 Å². The molecule has 72 heavy (non-hydrogen) atoms. The number of nitrogens with one attached hydrogen (secondary N) is 9. The summed E-state index contributed by atoms with van der Waals surface area (Å²) in [5, 5.41) is 56.4. The van der Waals surface area contributed by atoms with Gasteiger partial charge in [0.1, 0.15) is 30.7 Å². The van der Waals surface area contributed by atoms with Crippen LogP contribution in [0.4, 0.5) is 0 Å². The normalized spacial score (nSPS) is 13.9. The number of aromatic nitrogens is 3. The molecule has 1 unspecified atom stereocenters. The molecule has 1 aromatic heterocycles. The van der Waals surface area contributed by atoms with E-state index in [1.807, 2.05) is 0 Å². The van der Waals surface area contributed by atoms with Gasteiger partial charge in [0.15, 0.2) is 5.96 Å². The van der Waals surface area contributed by atoms with E-state index in [1.165, 1.54) is 9.58 Å². The van der Waals surface area contributed by atoms with Crippen LogP contribution >= 0.6 is 0 Å². The third-order valence-corrected chi connectivity index (χ3v) is 10.7. The fourth-order valence-electron chi connectivity index (χ4n) is 7.04. The Hall–Kier alpha value is -8.11. The first-order chi connectivity index (χ1) is 34.3. The van der Waals surface area contributed by atoms with Gasteiger partial charge in [0, 0.05) is 75.9 Å². The topological polar surface area (TPSA) is 483 Å². The Morgan fingerprint density at radius 1 is 0.722 bits per heavy atom. The van der Waals surface area contributed by atoms with Gasteiger partial charge in [0.25, 0.3) is 0 Å². The Morgan fingerprint density at radius 2 is 1.36 bits per heavy atom. The average molecular weight is 1020 g/mol. The molecule has 0 saturated carbocycles. The average Bonchev–Trinajstić information content (AvgIpc) is 4.02. The Balaban J connectivity index is 2.11. The van der Waals surface area contributed by atoms with Crippen LogP contribution in [0.15, 0.2) is 11.3 Å². The van der Waals surface area contributed by atoms with Gasteiger partial charge in [-0.25, -0.2) is 0 Å². The Kier molecular flexibility index (Phi) is 27.9. The summed E-state index contributed by atoms with van der Waals surface area (Å²) in [6.45, 7) is -1.13. The molecule has 1 aliphatic heterocycles. The lowest BCUT2D eigenvalue weighted by molar-refractivity contribution is -0.140. The van der Waals surface area contributed by atoms with E-state index < -0.39 is 103 Å². The first-order valence-electron chi connectivity index (χ1n) is 23.3. The smallest absolute Gasteiger partial charge is 0.322 e. The van der Waals surface area contributed by atoms with Crippen molar-refractivity contribution in [2.75, 3.05) is 45.8 Å². The number of hydrogen-bond acceptors (Lipinski definition) is 15. The molecule has 15 N–H and O–H groups in total. The van der Waals surface area contributed by atoms with E-state index in [4.69, 9.17) is 32.6 Å². The number of primary amides is 1. The Labute approximate surface area is 412 Å². The number of nitrogens with zero attached hydrogens (tertiary/aromatic N) is 7. The maximum absolute atomic E-state index is 13.6. The standard InChI is InChI=1S/C41H66N18O13/c42-30(60)14-13-28(39(71)50-23-36(67)68)54-40(72)29-9-5-20-59(29)34(64)22-49-38(70)26(7-1-2-16-46-31(61)10-4-18-51-56-45)53-33(63)21-48-37(69)27(8-3-17-47-41(43)44)52-32(62)15-12-25-24-58(57-55-25)19-6-11-35(65)66/h24,26-29H,1-23H2,(H2,42,60)(H,46,61)(H,48,69)(H,49,70)(H,50,71)(H,52,62)(H,53,63)(H,54,72)(H,65,66)(H,67,68)(H4,43,44,47)/t26-,27-,28-,29?/m0/s1. The number of carbonyl (C=O) groups is 11. The lowest BCUT2D eigenvalue weighted by Gasteiger charge is -2.27. The zero-order valence-electron chi connectivity index (χ0n) is 39.8. The molecule has 31 heteroatoms. The molecule has 1 fully saturated rings. The number of guanidine groups is 1.